The Bertz CT molecular complexity index is 1630. The van der Waals surface area contributed by atoms with Gasteiger partial charge in [-0.15, -0.1) is 0 Å². The molecule has 0 aromatic heterocycles. The average Bonchev–Trinajstić information content (AvgIpc) is 3.62. The molecule has 16 heteroatoms. The minimum Gasteiger partial charge on any atom is -0.508 e. The van der Waals surface area contributed by atoms with E-state index in [0.717, 1.165) is 11.8 Å². The predicted octanol–water partition coefficient (Wildman–Crippen LogP) is 3.24. The first-order valence-electron chi connectivity index (χ1n) is 18.4. The maximum absolute atomic E-state index is 14.1. The van der Waals surface area contributed by atoms with Gasteiger partial charge in [0, 0.05) is 19.5 Å². The monoisotopic (exact) mass is 774 g/mol. The van der Waals surface area contributed by atoms with Gasteiger partial charge in [-0.05, 0) is 75.6 Å². The first kappa shape index (κ1) is 43.7. The quantitative estimate of drug-likeness (QED) is 0.0665. The zero-order valence-corrected chi connectivity index (χ0v) is 32.1. The first-order valence-corrected chi connectivity index (χ1v) is 20.3. The SMILES string of the molecule is CCOC(=O)[C@H](CNC(=O)[C@H](CCCCNC(=O)OCc1ccccc1)NS(C)(=O)=O)CC1(C(=O)N[C@@H](Cc2ccc(O)cc2)C(=O)OCC)CCCC1. The van der Waals surface area contributed by atoms with Crippen LogP contribution in [-0.4, -0.2) is 88.0 Å². The van der Waals surface area contributed by atoms with Crippen LogP contribution in [0.15, 0.2) is 54.6 Å². The number of carbonyl (C=O) groups is 5. The van der Waals surface area contributed by atoms with Gasteiger partial charge in [0.2, 0.25) is 21.8 Å². The van der Waals surface area contributed by atoms with Gasteiger partial charge in [-0.3, -0.25) is 14.4 Å². The van der Waals surface area contributed by atoms with Crippen LogP contribution in [0.5, 0.6) is 5.75 Å². The van der Waals surface area contributed by atoms with Crippen LogP contribution in [-0.2, 0) is 56.4 Å². The van der Waals surface area contributed by atoms with E-state index in [-0.39, 0.29) is 57.9 Å². The molecule has 2 aromatic carbocycles. The number of rotatable bonds is 22. The van der Waals surface area contributed by atoms with E-state index in [9.17, 15) is 37.5 Å². The van der Waals surface area contributed by atoms with E-state index in [1.54, 1.807) is 26.0 Å². The third-order valence-electron chi connectivity index (χ3n) is 9.15. The molecule has 0 aliphatic heterocycles. The van der Waals surface area contributed by atoms with E-state index >= 15 is 0 Å². The summed E-state index contributed by atoms with van der Waals surface area (Å²) in [5.74, 6) is -3.23. The molecule has 1 aliphatic rings. The lowest BCUT2D eigenvalue weighted by atomic mass is 9.76. The second-order valence-corrected chi connectivity index (χ2v) is 15.2. The molecule has 3 atom stereocenters. The van der Waals surface area contributed by atoms with E-state index in [1.807, 2.05) is 30.3 Å². The number of amides is 3. The average molecular weight is 775 g/mol. The Labute approximate surface area is 317 Å². The van der Waals surface area contributed by atoms with Crippen molar-refractivity contribution in [3.8, 4) is 5.75 Å². The molecule has 15 nitrogen and oxygen atoms in total. The number of phenolic OH excluding ortho intramolecular Hbond substituents is 1. The number of benzene rings is 2. The molecule has 0 saturated heterocycles. The van der Waals surface area contributed by atoms with Gasteiger partial charge in [0.1, 0.15) is 24.4 Å². The van der Waals surface area contributed by atoms with Crippen molar-refractivity contribution in [3.63, 3.8) is 0 Å². The van der Waals surface area contributed by atoms with Gasteiger partial charge < -0.3 is 35.3 Å². The maximum atomic E-state index is 14.1. The van der Waals surface area contributed by atoms with E-state index in [1.165, 1.54) is 12.1 Å². The third-order valence-corrected chi connectivity index (χ3v) is 9.86. The first-order chi connectivity index (χ1) is 25.7. The molecule has 5 N–H and O–H groups in total. The normalized spacial score (nSPS) is 15.2. The molecule has 0 radical (unpaired) electrons. The lowest BCUT2D eigenvalue weighted by molar-refractivity contribution is -0.152. The lowest BCUT2D eigenvalue weighted by Crippen LogP contribution is -2.51. The number of hydrogen-bond donors (Lipinski definition) is 5. The summed E-state index contributed by atoms with van der Waals surface area (Å²) in [5.41, 5.74) is 0.472. The van der Waals surface area contributed by atoms with Gasteiger partial charge in [0.25, 0.3) is 0 Å². The van der Waals surface area contributed by atoms with Gasteiger partial charge >= 0.3 is 18.0 Å². The van der Waals surface area contributed by atoms with Crippen molar-refractivity contribution in [1.29, 1.82) is 0 Å². The van der Waals surface area contributed by atoms with Crippen LogP contribution in [0.3, 0.4) is 0 Å². The Balaban J connectivity index is 1.64. The second kappa shape index (κ2) is 21.9. The van der Waals surface area contributed by atoms with Crippen LogP contribution < -0.4 is 20.7 Å². The van der Waals surface area contributed by atoms with Crippen LogP contribution in [0.1, 0.15) is 76.3 Å². The Morgan fingerprint density at radius 1 is 0.815 bits per heavy atom. The molecule has 3 amide bonds. The van der Waals surface area contributed by atoms with E-state index in [4.69, 9.17) is 14.2 Å². The minimum atomic E-state index is -3.80. The van der Waals surface area contributed by atoms with Crippen molar-refractivity contribution in [2.75, 3.05) is 32.6 Å². The highest BCUT2D eigenvalue weighted by molar-refractivity contribution is 7.88. The van der Waals surface area contributed by atoms with Gasteiger partial charge in [0.05, 0.1) is 30.8 Å². The van der Waals surface area contributed by atoms with Gasteiger partial charge in [-0.25, -0.2) is 22.7 Å². The number of sulfonamides is 1. The highest BCUT2D eigenvalue weighted by Crippen LogP contribution is 2.44. The third kappa shape index (κ3) is 15.0. The number of hydrogen-bond acceptors (Lipinski definition) is 11. The molecule has 0 bridgehead atoms. The van der Waals surface area contributed by atoms with Crippen LogP contribution in [0.25, 0.3) is 0 Å². The topological polar surface area (TPSA) is 216 Å². The molecule has 0 spiro atoms. The van der Waals surface area contributed by atoms with Crippen molar-refractivity contribution in [2.24, 2.45) is 11.3 Å². The fourth-order valence-electron chi connectivity index (χ4n) is 6.45. The highest BCUT2D eigenvalue weighted by Gasteiger charge is 2.45. The fourth-order valence-corrected chi connectivity index (χ4v) is 7.19. The van der Waals surface area contributed by atoms with Gasteiger partial charge in [-0.1, -0.05) is 55.3 Å². The molecule has 0 unspecified atom stereocenters. The van der Waals surface area contributed by atoms with Crippen LogP contribution >= 0.6 is 0 Å². The summed E-state index contributed by atoms with van der Waals surface area (Å²) in [6.45, 7) is 3.59. The number of carbonyl (C=O) groups excluding carboxylic acids is 5. The Morgan fingerprint density at radius 2 is 1.46 bits per heavy atom. The standard InChI is InChI=1S/C38H54N4O11S/c1-4-51-34(45)29(24-38(20-10-11-21-38)36(47)41-32(35(46)52-5-2)23-27-16-18-30(43)19-17-27)25-40-33(44)31(42-54(3,49)50)15-9-12-22-39-37(48)53-26-28-13-7-6-8-14-28/h6-8,13-14,16-19,29,31-32,42-43H,4-5,9-12,15,20-26H2,1-3H3,(H,39,48)(H,40,44)(H,41,47)/t29-,31-,32-/m0/s1. The predicted molar refractivity (Wildman–Crippen MR) is 199 cm³/mol. The zero-order chi connectivity index (χ0) is 39.6. The van der Waals surface area contributed by atoms with Gasteiger partial charge in [0.15, 0.2) is 0 Å². The molecular weight excluding hydrogens is 721 g/mol. The van der Waals surface area contributed by atoms with E-state index in [2.05, 4.69) is 20.7 Å². The summed E-state index contributed by atoms with van der Waals surface area (Å²) >= 11 is 0. The number of aromatic hydroxyl groups is 1. The number of alkyl carbamates (subject to hydrolysis) is 1. The molecule has 3 rings (SSSR count). The minimum absolute atomic E-state index is 0.0168. The van der Waals surface area contributed by atoms with Crippen molar-refractivity contribution >= 4 is 39.9 Å². The number of nitrogens with one attached hydrogen (secondary N) is 4. The Morgan fingerprint density at radius 3 is 2.09 bits per heavy atom. The molecule has 1 aliphatic carbocycles. The molecular formula is C38H54N4O11S. The zero-order valence-electron chi connectivity index (χ0n) is 31.3. The van der Waals surface area contributed by atoms with Gasteiger partial charge in [-0.2, -0.15) is 0 Å². The van der Waals surface area contributed by atoms with Crippen molar-refractivity contribution in [1.82, 2.24) is 20.7 Å². The molecule has 1 fully saturated rings. The summed E-state index contributed by atoms with van der Waals surface area (Å²) in [5, 5.41) is 17.9. The smallest absolute Gasteiger partial charge is 0.407 e. The highest BCUT2D eigenvalue weighted by atomic mass is 32.2. The summed E-state index contributed by atoms with van der Waals surface area (Å²) in [7, 11) is -3.80. The second-order valence-electron chi connectivity index (χ2n) is 13.5. The number of phenols is 1. The van der Waals surface area contributed by atoms with Crippen LogP contribution in [0, 0.1) is 11.3 Å². The summed E-state index contributed by atoms with van der Waals surface area (Å²) in [4.78, 5) is 65.7. The van der Waals surface area contributed by atoms with Crippen LogP contribution in [0.2, 0.25) is 0 Å². The summed E-state index contributed by atoms with van der Waals surface area (Å²) in [6, 6.07) is 13.2. The Hall–Kier alpha value is -4.70. The summed E-state index contributed by atoms with van der Waals surface area (Å²) < 4.78 is 42.5. The number of unbranched alkanes of at least 4 members (excludes halogenated alkanes) is 1. The van der Waals surface area contributed by atoms with E-state index < -0.39 is 63.3 Å². The van der Waals surface area contributed by atoms with Crippen molar-refractivity contribution in [3.05, 3.63) is 65.7 Å². The molecule has 298 valence electrons. The molecule has 54 heavy (non-hydrogen) atoms. The van der Waals surface area contributed by atoms with Crippen LogP contribution in [0.4, 0.5) is 4.79 Å². The maximum Gasteiger partial charge on any atom is 0.407 e. The molecule has 0 heterocycles. The fraction of sp³-hybridized carbons (Fsp3) is 0.553. The molecule has 2 aromatic rings. The lowest BCUT2D eigenvalue weighted by Gasteiger charge is -2.33. The largest absolute Gasteiger partial charge is 0.508 e. The summed E-state index contributed by atoms with van der Waals surface area (Å²) in [6.07, 6.45) is 3.65. The van der Waals surface area contributed by atoms with E-state index in [0.29, 0.717) is 44.1 Å². The van der Waals surface area contributed by atoms with Crippen molar-refractivity contribution < 1.29 is 51.7 Å². The van der Waals surface area contributed by atoms with Crippen molar-refractivity contribution in [2.45, 2.75) is 90.3 Å². The number of ether oxygens (including phenoxy) is 3. The Kier molecular flexibility index (Phi) is 17.7. The number of esters is 2. The molecule has 1 saturated carbocycles.